The third-order valence-corrected chi connectivity index (χ3v) is 7.27. The molecule has 6 heteroatoms. The highest BCUT2D eigenvalue weighted by Crippen LogP contribution is 2.47. The highest BCUT2D eigenvalue weighted by atomic mass is 32.2. The van der Waals surface area contributed by atoms with E-state index in [0.29, 0.717) is 17.9 Å². The lowest BCUT2D eigenvalue weighted by atomic mass is 9.93. The Labute approximate surface area is 216 Å². The Morgan fingerprint density at radius 2 is 1.58 bits per heavy atom. The number of benzene rings is 3. The second-order valence-electron chi connectivity index (χ2n) is 8.94. The fourth-order valence-electron chi connectivity index (χ4n) is 4.60. The van der Waals surface area contributed by atoms with E-state index in [2.05, 4.69) is 75.9 Å². The van der Waals surface area contributed by atoms with Gasteiger partial charge in [-0.2, -0.15) is 0 Å². The Morgan fingerprint density at radius 1 is 0.944 bits per heavy atom. The van der Waals surface area contributed by atoms with E-state index in [4.69, 9.17) is 9.73 Å². The molecule has 0 amide bonds. The van der Waals surface area contributed by atoms with Crippen LogP contribution in [-0.2, 0) is 9.53 Å². The third-order valence-electron chi connectivity index (χ3n) is 6.43. The molecule has 5 rings (SSSR count). The van der Waals surface area contributed by atoms with E-state index in [1.165, 1.54) is 5.56 Å². The quantitative estimate of drug-likeness (QED) is 0.356. The van der Waals surface area contributed by atoms with Gasteiger partial charge in [-0.25, -0.2) is 9.79 Å². The minimum Gasteiger partial charge on any atom is -0.463 e. The first-order chi connectivity index (χ1) is 17.5. The molecule has 0 N–H and O–H groups in total. The largest absolute Gasteiger partial charge is 0.463 e. The fourth-order valence-corrected chi connectivity index (χ4v) is 5.57. The molecular formula is C30H29N3O2S. The van der Waals surface area contributed by atoms with E-state index < -0.39 is 0 Å². The molecule has 36 heavy (non-hydrogen) atoms. The number of thioether (sulfide) groups is 1. The smallest absolute Gasteiger partial charge is 0.338 e. The Hall–Kier alpha value is -3.77. The summed E-state index contributed by atoms with van der Waals surface area (Å²) in [5.41, 5.74) is 7.84. The van der Waals surface area contributed by atoms with Crippen LogP contribution in [0.3, 0.4) is 0 Å². The van der Waals surface area contributed by atoms with Gasteiger partial charge < -0.3 is 14.5 Å². The molecule has 0 aliphatic carbocycles. The van der Waals surface area contributed by atoms with Crippen LogP contribution in [0.2, 0.25) is 0 Å². The predicted molar refractivity (Wildman–Crippen MR) is 150 cm³/mol. The van der Waals surface area contributed by atoms with Gasteiger partial charge in [-0.15, -0.1) is 0 Å². The van der Waals surface area contributed by atoms with Gasteiger partial charge in [-0.1, -0.05) is 78.5 Å². The molecule has 0 saturated heterocycles. The summed E-state index contributed by atoms with van der Waals surface area (Å²) < 4.78 is 5.49. The molecular weight excluding hydrogens is 466 g/mol. The number of amidine groups is 1. The first-order valence-electron chi connectivity index (χ1n) is 12.0. The number of hydrogen-bond acceptors (Lipinski definition) is 6. The van der Waals surface area contributed by atoms with E-state index in [0.717, 1.165) is 33.2 Å². The summed E-state index contributed by atoms with van der Waals surface area (Å²) in [6.07, 6.45) is 0. The summed E-state index contributed by atoms with van der Waals surface area (Å²) in [6.45, 7) is 4.04. The number of ether oxygens (including phenoxy) is 1. The van der Waals surface area contributed by atoms with Crippen molar-refractivity contribution in [2.75, 3.05) is 25.6 Å². The topological polar surface area (TPSA) is 45.1 Å². The zero-order valence-corrected chi connectivity index (χ0v) is 21.8. The van der Waals surface area contributed by atoms with Gasteiger partial charge in [0.05, 0.1) is 29.6 Å². The minimum atomic E-state index is -0.331. The van der Waals surface area contributed by atoms with Gasteiger partial charge in [0.2, 0.25) is 0 Å². The maximum absolute atomic E-state index is 13.2. The monoisotopic (exact) mass is 495 g/mol. The molecule has 1 atom stereocenters. The van der Waals surface area contributed by atoms with E-state index in [9.17, 15) is 4.79 Å². The van der Waals surface area contributed by atoms with Crippen LogP contribution >= 0.6 is 11.8 Å². The zero-order chi connectivity index (χ0) is 25.2. The highest BCUT2D eigenvalue weighted by Gasteiger charge is 2.41. The number of fused-ring (bicyclic) bond motifs is 1. The summed E-state index contributed by atoms with van der Waals surface area (Å²) in [7, 11) is 4.04. The number of carbonyl (C=O) groups excluding carboxylic acids is 1. The Balaban J connectivity index is 1.56. The Bertz CT molecular complexity index is 1360. The SMILES string of the molecule is CCOC(=O)C1=C(C)N=C2SC=C(c3ccc(-c4ccccc4)cc3)N2[C@H]1c1ccc(N(C)C)cc1. The second kappa shape index (κ2) is 10.1. The zero-order valence-electron chi connectivity index (χ0n) is 20.9. The molecule has 0 fully saturated rings. The molecule has 0 bridgehead atoms. The van der Waals surface area contributed by atoms with Crippen molar-refractivity contribution in [3.05, 3.63) is 107 Å². The number of anilines is 1. The van der Waals surface area contributed by atoms with E-state index in [1.54, 1.807) is 11.8 Å². The van der Waals surface area contributed by atoms with Gasteiger partial charge in [-0.05, 0) is 48.2 Å². The van der Waals surface area contributed by atoms with Crippen molar-refractivity contribution in [1.29, 1.82) is 0 Å². The first-order valence-corrected chi connectivity index (χ1v) is 12.9. The molecule has 2 heterocycles. The van der Waals surface area contributed by atoms with Crippen LogP contribution in [0.5, 0.6) is 0 Å². The Kier molecular flexibility index (Phi) is 6.70. The van der Waals surface area contributed by atoms with E-state index >= 15 is 0 Å². The molecule has 2 aliphatic rings. The number of hydrogen-bond donors (Lipinski definition) is 0. The highest BCUT2D eigenvalue weighted by molar-refractivity contribution is 8.16. The molecule has 3 aromatic rings. The van der Waals surface area contributed by atoms with Crippen molar-refractivity contribution in [2.45, 2.75) is 19.9 Å². The summed E-state index contributed by atoms with van der Waals surface area (Å²) in [5, 5.41) is 2.99. The van der Waals surface area contributed by atoms with Crippen LogP contribution in [0, 0.1) is 0 Å². The van der Waals surface area contributed by atoms with Crippen LogP contribution in [0.15, 0.2) is 101 Å². The first kappa shape index (κ1) is 23.9. The lowest BCUT2D eigenvalue weighted by Crippen LogP contribution is -2.36. The van der Waals surface area contributed by atoms with Crippen molar-refractivity contribution in [2.24, 2.45) is 4.99 Å². The summed E-state index contributed by atoms with van der Waals surface area (Å²) in [5.74, 6) is -0.324. The van der Waals surface area contributed by atoms with Crippen LogP contribution in [0.4, 0.5) is 5.69 Å². The lowest BCUT2D eigenvalue weighted by Gasteiger charge is -2.36. The number of nitrogens with zero attached hydrogens (tertiary/aromatic N) is 3. The third kappa shape index (κ3) is 4.44. The number of esters is 1. The molecule has 0 spiro atoms. The predicted octanol–water partition coefficient (Wildman–Crippen LogP) is 6.71. The molecule has 0 saturated carbocycles. The molecule has 0 radical (unpaired) electrons. The van der Waals surface area contributed by atoms with E-state index in [-0.39, 0.29) is 12.0 Å². The number of carbonyl (C=O) groups is 1. The van der Waals surface area contributed by atoms with Crippen LogP contribution < -0.4 is 4.90 Å². The van der Waals surface area contributed by atoms with Crippen LogP contribution in [0.25, 0.3) is 16.8 Å². The Morgan fingerprint density at radius 3 is 2.22 bits per heavy atom. The standard InChI is InChI=1S/C30H29N3O2S/c1-5-35-29(34)27-20(2)31-30-33(28(27)24-15-17-25(18-16-24)32(3)4)26(19-36-30)23-13-11-22(12-14-23)21-9-7-6-8-10-21/h6-19,28H,5H2,1-4H3/t28-/m0/s1. The maximum atomic E-state index is 13.2. The van der Waals surface area contributed by atoms with Crippen molar-refractivity contribution in [1.82, 2.24) is 4.90 Å². The van der Waals surface area contributed by atoms with Gasteiger partial charge in [0.1, 0.15) is 0 Å². The number of rotatable bonds is 6. The normalized spacial score (nSPS) is 16.9. The summed E-state index contributed by atoms with van der Waals surface area (Å²) >= 11 is 1.59. The number of allylic oxidation sites excluding steroid dienone is 1. The van der Waals surface area contributed by atoms with Crippen molar-refractivity contribution < 1.29 is 9.53 Å². The molecule has 3 aromatic carbocycles. The maximum Gasteiger partial charge on any atom is 0.338 e. The summed E-state index contributed by atoms with van der Waals surface area (Å²) in [6, 6.07) is 26.9. The van der Waals surface area contributed by atoms with Crippen LogP contribution in [0.1, 0.15) is 31.0 Å². The minimum absolute atomic E-state index is 0.316. The van der Waals surface area contributed by atoms with Gasteiger partial charge in [-0.3, -0.25) is 0 Å². The van der Waals surface area contributed by atoms with Gasteiger partial charge >= 0.3 is 5.97 Å². The second-order valence-corrected chi connectivity index (χ2v) is 9.77. The molecule has 0 aromatic heterocycles. The van der Waals surface area contributed by atoms with Gasteiger partial charge in [0.25, 0.3) is 0 Å². The molecule has 182 valence electrons. The van der Waals surface area contributed by atoms with Crippen molar-refractivity contribution in [3.63, 3.8) is 0 Å². The molecule has 5 nitrogen and oxygen atoms in total. The lowest BCUT2D eigenvalue weighted by molar-refractivity contribution is -0.139. The summed E-state index contributed by atoms with van der Waals surface area (Å²) in [4.78, 5) is 22.2. The average molecular weight is 496 g/mol. The van der Waals surface area contributed by atoms with Crippen LogP contribution in [-0.4, -0.2) is 36.7 Å². The number of aliphatic imine (C=N–C) groups is 1. The average Bonchev–Trinajstić information content (AvgIpc) is 3.32. The van der Waals surface area contributed by atoms with Gasteiger partial charge in [0, 0.05) is 25.2 Å². The van der Waals surface area contributed by atoms with E-state index in [1.807, 2.05) is 46.1 Å². The molecule has 2 aliphatic heterocycles. The fraction of sp³-hybridized carbons (Fsp3) is 0.200. The molecule has 0 unspecified atom stereocenters. The van der Waals surface area contributed by atoms with Crippen molar-refractivity contribution >= 4 is 34.3 Å². The van der Waals surface area contributed by atoms with Crippen molar-refractivity contribution in [3.8, 4) is 11.1 Å². The van der Waals surface area contributed by atoms with Gasteiger partial charge in [0.15, 0.2) is 5.17 Å².